The lowest BCUT2D eigenvalue weighted by Gasteiger charge is -2.32. The van der Waals surface area contributed by atoms with Gasteiger partial charge in [-0.1, -0.05) is 0 Å². The van der Waals surface area contributed by atoms with E-state index in [0.717, 1.165) is 37.5 Å². The number of ether oxygens (including phenoxy) is 2. The molecular weight excluding hydrogens is 298 g/mol. The van der Waals surface area contributed by atoms with Crippen molar-refractivity contribution in [1.82, 2.24) is 4.90 Å². The molecule has 1 amide bonds. The number of fused-ring (bicyclic) bond motifs is 1. The highest BCUT2D eigenvalue weighted by Gasteiger charge is 2.46. The predicted molar refractivity (Wildman–Crippen MR) is 85.0 cm³/mol. The van der Waals surface area contributed by atoms with Gasteiger partial charge in [-0.15, -0.1) is 0 Å². The molecule has 5 heteroatoms. The van der Waals surface area contributed by atoms with Crippen molar-refractivity contribution in [1.29, 1.82) is 0 Å². The van der Waals surface area contributed by atoms with Crippen molar-refractivity contribution in [2.75, 3.05) is 19.8 Å². The highest BCUT2D eigenvalue weighted by Crippen LogP contribution is 2.34. The molecule has 3 atom stereocenters. The van der Waals surface area contributed by atoms with Crippen molar-refractivity contribution >= 4 is 17.2 Å². The Bertz CT molecular complexity index is 514. The lowest BCUT2D eigenvalue weighted by molar-refractivity contribution is -0.134. The molecule has 120 valence electrons. The van der Waals surface area contributed by atoms with Gasteiger partial charge in [0.15, 0.2) is 0 Å². The smallest absolute Gasteiger partial charge is 0.227 e. The maximum Gasteiger partial charge on any atom is 0.227 e. The average Bonchev–Trinajstić information content (AvgIpc) is 3.08. The van der Waals surface area contributed by atoms with Crippen LogP contribution >= 0.6 is 11.3 Å². The van der Waals surface area contributed by atoms with E-state index in [1.807, 2.05) is 16.3 Å². The van der Waals surface area contributed by atoms with Crippen LogP contribution in [0.1, 0.15) is 31.2 Å². The molecule has 22 heavy (non-hydrogen) atoms. The zero-order valence-electron chi connectivity index (χ0n) is 12.8. The van der Waals surface area contributed by atoms with Crippen molar-refractivity contribution in [3.63, 3.8) is 0 Å². The highest BCUT2D eigenvalue weighted by molar-refractivity contribution is 7.07. The van der Waals surface area contributed by atoms with Crippen LogP contribution in [0.5, 0.6) is 0 Å². The van der Waals surface area contributed by atoms with Crippen molar-refractivity contribution in [2.45, 2.75) is 50.4 Å². The minimum absolute atomic E-state index is 0.0670. The zero-order valence-corrected chi connectivity index (χ0v) is 13.6. The quantitative estimate of drug-likeness (QED) is 0.836. The molecule has 4 rings (SSSR count). The van der Waals surface area contributed by atoms with Crippen LogP contribution in [0, 0.1) is 5.92 Å². The minimum atomic E-state index is 0.0670. The van der Waals surface area contributed by atoms with Crippen LogP contribution in [0.4, 0.5) is 0 Å². The number of amides is 1. The molecule has 0 aromatic carbocycles. The second kappa shape index (κ2) is 6.30. The van der Waals surface area contributed by atoms with E-state index in [2.05, 4.69) is 5.38 Å². The van der Waals surface area contributed by atoms with E-state index in [9.17, 15) is 4.79 Å². The van der Waals surface area contributed by atoms with E-state index in [1.54, 1.807) is 11.3 Å². The normalized spacial score (nSPS) is 31.3. The van der Waals surface area contributed by atoms with Gasteiger partial charge in [-0.3, -0.25) is 4.79 Å². The van der Waals surface area contributed by atoms with Gasteiger partial charge in [0.05, 0.1) is 12.5 Å². The van der Waals surface area contributed by atoms with Gasteiger partial charge < -0.3 is 14.4 Å². The summed E-state index contributed by atoms with van der Waals surface area (Å²) in [7, 11) is 0. The van der Waals surface area contributed by atoms with E-state index < -0.39 is 0 Å². The Hall–Kier alpha value is -0.910. The number of carbonyl (C=O) groups excluding carboxylic acids is 1. The molecule has 0 unspecified atom stereocenters. The fourth-order valence-corrected chi connectivity index (χ4v) is 4.23. The van der Waals surface area contributed by atoms with Crippen LogP contribution in [0.15, 0.2) is 16.8 Å². The number of likely N-dealkylation sites (tertiary alicyclic amines) is 1. The van der Waals surface area contributed by atoms with Gasteiger partial charge in [0.25, 0.3) is 0 Å². The van der Waals surface area contributed by atoms with Crippen molar-refractivity contribution in [3.05, 3.63) is 22.4 Å². The van der Waals surface area contributed by atoms with Gasteiger partial charge in [-0.05, 0) is 54.0 Å². The molecule has 2 saturated heterocycles. The van der Waals surface area contributed by atoms with Crippen LogP contribution in [0.2, 0.25) is 0 Å². The topological polar surface area (TPSA) is 38.8 Å². The number of rotatable bonds is 5. The van der Waals surface area contributed by atoms with Crippen LogP contribution in [-0.4, -0.2) is 48.8 Å². The van der Waals surface area contributed by atoms with E-state index in [-0.39, 0.29) is 24.2 Å². The van der Waals surface area contributed by atoms with Crippen LogP contribution < -0.4 is 0 Å². The lowest BCUT2D eigenvalue weighted by atomic mass is 10.0. The predicted octanol–water partition coefficient (Wildman–Crippen LogP) is 2.48. The Morgan fingerprint density at radius 2 is 2.32 bits per heavy atom. The summed E-state index contributed by atoms with van der Waals surface area (Å²) in [6, 6.07) is 2.25. The van der Waals surface area contributed by atoms with Crippen LogP contribution in [0.3, 0.4) is 0 Å². The highest BCUT2D eigenvalue weighted by atomic mass is 32.1. The maximum absolute atomic E-state index is 12.7. The second-order valence-corrected chi connectivity index (χ2v) is 7.49. The summed E-state index contributed by atoms with van der Waals surface area (Å²) in [5.74, 6) is 0.967. The molecule has 2 aliphatic heterocycles. The molecule has 1 aromatic rings. The summed E-state index contributed by atoms with van der Waals surface area (Å²) in [6.45, 7) is 2.34. The van der Waals surface area contributed by atoms with Crippen LogP contribution in [-0.2, 0) is 20.7 Å². The van der Waals surface area contributed by atoms with Gasteiger partial charge >= 0.3 is 0 Å². The first-order valence-electron chi connectivity index (χ1n) is 8.35. The van der Waals surface area contributed by atoms with E-state index in [1.165, 1.54) is 12.8 Å². The summed E-state index contributed by atoms with van der Waals surface area (Å²) in [5, 5.41) is 4.09. The second-order valence-electron chi connectivity index (χ2n) is 6.71. The third-order valence-electron chi connectivity index (χ3n) is 4.98. The Morgan fingerprint density at radius 3 is 3.09 bits per heavy atom. The van der Waals surface area contributed by atoms with Crippen LogP contribution in [0.25, 0.3) is 0 Å². The molecule has 1 aliphatic carbocycles. The van der Waals surface area contributed by atoms with Gasteiger partial charge in [-0.25, -0.2) is 0 Å². The molecule has 0 radical (unpaired) electrons. The van der Waals surface area contributed by atoms with Gasteiger partial charge in [0, 0.05) is 19.8 Å². The maximum atomic E-state index is 12.7. The molecule has 3 aliphatic rings. The first kappa shape index (κ1) is 14.7. The Labute approximate surface area is 135 Å². The fraction of sp³-hybridized carbons (Fsp3) is 0.706. The molecule has 4 nitrogen and oxygen atoms in total. The summed E-state index contributed by atoms with van der Waals surface area (Å²) >= 11 is 1.65. The molecule has 0 bridgehead atoms. The standard InChI is InChI=1S/C17H23NO3S/c19-16(8-13-5-7-22-11-13)18-9-15(21-10-12-3-4-12)17-14(18)2-1-6-20-17/h5,7,11-12,14-15,17H,1-4,6,8-10H2/t14-,15-,17+/m1/s1. The third kappa shape index (κ3) is 3.07. The summed E-state index contributed by atoms with van der Waals surface area (Å²) in [5.41, 5.74) is 1.12. The molecule has 1 saturated carbocycles. The summed E-state index contributed by atoms with van der Waals surface area (Å²) in [4.78, 5) is 14.7. The minimum Gasteiger partial charge on any atom is -0.373 e. The van der Waals surface area contributed by atoms with E-state index in [0.29, 0.717) is 13.0 Å². The molecular formula is C17H23NO3S. The number of nitrogens with zero attached hydrogens (tertiary/aromatic N) is 1. The zero-order chi connectivity index (χ0) is 14.9. The molecule has 0 spiro atoms. The first-order valence-corrected chi connectivity index (χ1v) is 9.29. The number of carbonyl (C=O) groups is 1. The number of hydrogen-bond donors (Lipinski definition) is 0. The Balaban J connectivity index is 1.42. The van der Waals surface area contributed by atoms with Gasteiger partial charge in [0.1, 0.15) is 12.2 Å². The first-order chi connectivity index (χ1) is 10.8. The van der Waals surface area contributed by atoms with Crippen molar-refractivity contribution < 1.29 is 14.3 Å². The van der Waals surface area contributed by atoms with Gasteiger partial charge in [-0.2, -0.15) is 11.3 Å². The SMILES string of the molecule is O=C(Cc1ccsc1)N1C[C@@H](OCC2CC2)[C@H]2OCCC[C@H]21. The lowest BCUT2D eigenvalue weighted by Crippen LogP contribution is -2.44. The van der Waals surface area contributed by atoms with Crippen molar-refractivity contribution in [2.24, 2.45) is 5.92 Å². The molecule has 1 aromatic heterocycles. The van der Waals surface area contributed by atoms with Crippen molar-refractivity contribution in [3.8, 4) is 0 Å². The molecule has 3 fully saturated rings. The Morgan fingerprint density at radius 1 is 1.41 bits per heavy atom. The molecule has 3 heterocycles. The third-order valence-corrected chi connectivity index (χ3v) is 5.71. The summed E-state index contributed by atoms with van der Waals surface area (Å²) in [6.07, 6.45) is 5.32. The monoisotopic (exact) mass is 321 g/mol. The number of thiophene rings is 1. The summed E-state index contributed by atoms with van der Waals surface area (Å²) < 4.78 is 12.1. The Kier molecular flexibility index (Phi) is 4.20. The fourth-order valence-electron chi connectivity index (χ4n) is 3.56. The number of hydrogen-bond acceptors (Lipinski definition) is 4. The largest absolute Gasteiger partial charge is 0.373 e. The average molecular weight is 321 g/mol. The van der Waals surface area contributed by atoms with E-state index >= 15 is 0 Å². The van der Waals surface area contributed by atoms with E-state index in [4.69, 9.17) is 9.47 Å². The van der Waals surface area contributed by atoms with Gasteiger partial charge in [0.2, 0.25) is 5.91 Å². The molecule has 0 N–H and O–H groups in total.